The quantitative estimate of drug-likeness (QED) is 0.504. The Morgan fingerprint density at radius 1 is 1.03 bits per heavy atom. The molecule has 6 nitrogen and oxygen atoms in total. The van der Waals surface area contributed by atoms with Crippen LogP contribution in [0.5, 0.6) is 0 Å². The van der Waals surface area contributed by atoms with Crippen molar-refractivity contribution in [3.8, 4) is 0 Å². The summed E-state index contributed by atoms with van der Waals surface area (Å²) in [5, 5.41) is 2.27. The van der Waals surface area contributed by atoms with E-state index in [1.165, 1.54) is 18.2 Å². The van der Waals surface area contributed by atoms with Crippen molar-refractivity contribution in [3.63, 3.8) is 0 Å². The molecule has 0 radical (unpaired) electrons. The number of nitrogens with zero attached hydrogens (tertiary/aromatic N) is 1. The van der Waals surface area contributed by atoms with E-state index in [2.05, 4.69) is 0 Å². The molecule has 0 spiro atoms. The fourth-order valence-electron chi connectivity index (χ4n) is 3.75. The van der Waals surface area contributed by atoms with Gasteiger partial charge in [-0.05, 0) is 29.2 Å². The average molecular weight is 430 g/mol. The summed E-state index contributed by atoms with van der Waals surface area (Å²) < 4.78 is 47.5. The first-order valence-electron chi connectivity index (χ1n) is 9.49. The SMILES string of the molecule is CCc1ccc2c(CN3C(=O)NC(c4ccccc4)(C(F)(F)F)C3=O)cc(=O)oc2c1. The summed E-state index contributed by atoms with van der Waals surface area (Å²) in [6.45, 7) is 1.40. The van der Waals surface area contributed by atoms with Crippen LogP contribution < -0.4 is 10.9 Å². The van der Waals surface area contributed by atoms with Crippen LogP contribution in [-0.4, -0.2) is 23.0 Å². The molecule has 1 saturated heterocycles. The summed E-state index contributed by atoms with van der Waals surface area (Å²) in [7, 11) is 0. The highest BCUT2D eigenvalue weighted by Crippen LogP contribution is 2.43. The van der Waals surface area contributed by atoms with Gasteiger partial charge in [0.25, 0.3) is 5.91 Å². The topological polar surface area (TPSA) is 79.6 Å². The number of rotatable bonds is 4. The minimum Gasteiger partial charge on any atom is -0.423 e. The highest BCUT2D eigenvalue weighted by atomic mass is 19.4. The second-order valence-corrected chi connectivity index (χ2v) is 7.21. The molecular weight excluding hydrogens is 413 g/mol. The molecule has 1 aliphatic heterocycles. The van der Waals surface area contributed by atoms with Crippen LogP contribution in [0.3, 0.4) is 0 Å². The number of fused-ring (bicyclic) bond motifs is 1. The van der Waals surface area contributed by atoms with Gasteiger partial charge >= 0.3 is 17.8 Å². The van der Waals surface area contributed by atoms with Gasteiger partial charge in [0.2, 0.25) is 5.54 Å². The summed E-state index contributed by atoms with van der Waals surface area (Å²) in [5.41, 5.74) is -2.98. The number of benzene rings is 2. The molecule has 3 amide bonds. The summed E-state index contributed by atoms with van der Waals surface area (Å²) in [6, 6.07) is 11.4. The standard InChI is InChI=1S/C22H17F3N2O4/c1-2-13-8-9-16-14(11-18(28)31-17(16)10-13)12-27-19(29)21(22(23,24)25,26-20(27)30)15-6-4-3-5-7-15/h3-11H,2,12H2,1H3,(H,26,30). The van der Waals surface area contributed by atoms with Crippen LogP contribution in [0.25, 0.3) is 11.0 Å². The van der Waals surface area contributed by atoms with Crippen molar-refractivity contribution in [3.05, 3.63) is 81.7 Å². The number of imide groups is 1. The van der Waals surface area contributed by atoms with Gasteiger partial charge < -0.3 is 9.73 Å². The zero-order valence-electron chi connectivity index (χ0n) is 16.3. The first-order valence-corrected chi connectivity index (χ1v) is 9.49. The molecule has 0 saturated carbocycles. The number of nitrogens with one attached hydrogen (secondary N) is 1. The predicted molar refractivity (Wildman–Crippen MR) is 105 cm³/mol. The molecule has 4 rings (SSSR count). The molecule has 9 heteroatoms. The van der Waals surface area contributed by atoms with Crippen LogP contribution in [0.1, 0.15) is 23.6 Å². The van der Waals surface area contributed by atoms with Crippen LogP contribution in [0, 0.1) is 0 Å². The number of alkyl halides is 3. The molecular formula is C22H17F3N2O4. The third-order valence-electron chi connectivity index (χ3n) is 5.37. The predicted octanol–water partition coefficient (Wildman–Crippen LogP) is 3.87. The Morgan fingerprint density at radius 2 is 1.74 bits per heavy atom. The van der Waals surface area contributed by atoms with E-state index in [9.17, 15) is 27.6 Å². The maximum atomic E-state index is 14.1. The van der Waals surface area contributed by atoms with E-state index in [1.54, 1.807) is 18.2 Å². The van der Waals surface area contributed by atoms with Gasteiger partial charge in [-0.2, -0.15) is 13.2 Å². The summed E-state index contributed by atoms with van der Waals surface area (Å²) in [5.74, 6) is -1.46. The Balaban J connectivity index is 1.80. The molecule has 1 unspecified atom stereocenters. The Hall–Kier alpha value is -3.62. The minimum atomic E-state index is -5.08. The van der Waals surface area contributed by atoms with E-state index < -0.39 is 41.4 Å². The number of carbonyl (C=O) groups is 2. The number of aryl methyl sites for hydroxylation is 1. The van der Waals surface area contributed by atoms with E-state index in [4.69, 9.17) is 4.42 Å². The molecule has 0 bridgehead atoms. The molecule has 2 heterocycles. The number of hydrogen-bond donors (Lipinski definition) is 1. The Kier molecular flexibility index (Phi) is 4.83. The number of hydrogen-bond acceptors (Lipinski definition) is 4. The molecule has 31 heavy (non-hydrogen) atoms. The Bertz CT molecular complexity index is 1240. The number of carbonyl (C=O) groups excluding carboxylic acids is 2. The van der Waals surface area contributed by atoms with Crippen LogP contribution in [0.4, 0.5) is 18.0 Å². The number of urea groups is 1. The molecule has 1 aromatic heterocycles. The van der Waals surface area contributed by atoms with Gasteiger partial charge in [0.15, 0.2) is 0 Å². The average Bonchev–Trinajstić information content (AvgIpc) is 2.99. The molecule has 1 fully saturated rings. The van der Waals surface area contributed by atoms with Gasteiger partial charge in [0, 0.05) is 11.5 Å². The number of amides is 3. The smallest absolute Gasteiger partial charge is 0.423 e. The zero-order valence-corrected chi connectivity index (χ0v) is 16.3. The Morgan fingerprint density at radius 3 is 2.39 bits per heavy atom. The molecule has 1 N–H and O–H groups in total. The lowest BCUT2D eigenvalue weighted by atomic mass is 9.89. The van der Waals surface area contributed by atoms with Gasteiger partial charge in [-0.15, -0.1) is 0 Å². The van der Waals surface area contributed by atoms with Crippen LogP contribution >= 0.6 is 0 Å². The molecule has 0 aliphatic carbocycles. The fraction of sp³-hybridized carbons (Fsp3) is 0.227. The molecule has 160 valence electrons. The first-order chi connectivity index (χ1) is 14.7. The van der Waals surface area contributed by atoms with Crippen LogP contribution in [0.2, 0.25) is 0 Å². The third-order valence-corrected chi connectivity index (χ3v) is 5.37. The summed E-state index contributed by atoms with van der Waals surface area (Å²) in [4.78, 5) is 38.0. The van der Waals surface area contributed by atoms with E-state index in [0.717, 1.165) is 23.8 Å². The van der Waals surface area contributed by atoms with Crippen molar-refractivity contribution in [1.29, 1.82) is 0 Å². The molecule has 1 aliphatic rings. The highest BCUT2D eigenvalue weighted by Gasteiger charge is 2.68. The van der Waals surface area contributed by atoms with Gasteiger partial charge in [-0.3, -0.25) is 9.69 Å². The first kappa shape index (κ1) is 20.6. The number of halogens is 3. The highest BCUT2D eigenvalue weighted by molar-refractivity contribution is 6.08. The van der Waals surface area contributed by atoms with Gasteiger partial charge in [0.1, 0.15) is 5.58 Å². The molecule has 3 aromatic rings. The lowest BCUT2D eigenvalue weighted by Gasteiger charge is -2.29. The molecule has 1 atom stereocenters. The van der Waals surface area contributed by atoms with E-state index >= 15 is 0 Å². The van der Waals surface area contributed by atoms with E-state index in [0.29, 0.717) is 16.7 Å². The van der Waals surface area contributed by atoms with Crippen LogP contribution in [0.15, 0.2) is 63.8 Å². The lowest BCUT2D eigenvalue weighted by Crippen LogP contribution is -2.55. The van der Waals surface area contributed by atoms with Gasteiger partial charge in [0.05, 0.1) is 6.54 Å². The van der Waals surface area contributed by atoms with Crippen molar-refractivity contribution >= 4 is 22.9 Å². The van der Waals surface area contributed by atoms with Crippen LogP contribution in [-0.2, 0) is 23.3 Å². The fourth-order valence-corrected chi connectivity index (χ4v) is 3.75. The normalized spacial score (nSPS) is 19.2. The monoisotopic (exact) mass is 430 g/mol. The van der Waals surface area contributed by atoms with Gasteiger partial charge in [-0.1, -0.05) is 49.4 Å². The summed E-state index contributed by atoms with van der Waals surface area (Å²) in [6.07, 6.45) is -4.40. The Labute approximate surface area is 174 Å². The van der Waals surface area contributed by atoms with Crippen molar-refractivity contribution < 1.29 is 27.2 Å². The maximum Gasteiger partial charge on any atom is 0.425 e. The van der Waals surface area contributed by atoms with Crippen molar-refractivity contribution in [2.24, 2.45) is 0 Å². The third kappa shape index (κ3) is 3.26. The van der Waals surface area contributed by atoms with Crippen molar-refractivity contribution in [2.45, 2.75) is 31.6 Å². The largest absolute Gasteiger partial charge is 0.425 e. The second kappa shape index (κ2) is 7.26. The van der Waals surface area contributed by atoms with E-state index in [-0.39, 0.29) is 11.1 Å². The van der Waals surface area contributed by atoms with Gasteiger partial charge in [-0.25, -0.2) is 9.59 Å². The lowest BCUT2D eigenvalue weighted by molar-refractivity contribution is -0.198. The maximum absolute atomic E-state index is 14.1. The second-order valence-electron chi connectivity index (χ2n) is 7.21. The minimum absolute atomic E-state index is 0.212. The summed E-state index contributed by atoms with van der Waals surface area (Å²) >= 11 is 0. The van der Waals surface area contributed by atoms with Crippen molar-refractivity contribution in [1.82, 2.24) is 10.2 Å². The van der Waals surface area contributed by atoms with E-state index in [1.807, 2.05) is 12.2 Å². The van der Waals surface area contributed by atoms with Crippen molar-refractivity contribution in [2.75, 3.05) is 0 Å². The molecule has 2 aromatic carbocycles. The zero-order chi connectivity index (χ0) is 22.4.